The fraction of sp³-hybridized carbons (Fsp3) is 0.750. The molecule has 0 bridgehead atoms. The molecular formula is C16H28O8Ti. The van der Waals surface area contributed by atoms with Crippen molar-refractivity contribution >= 4 is 23.5 Å². The molecule has 0 aromatic heterocycles. The van der Waals surface area contributed by atoms with Gasteiger partial charge in [0.05, 0.1) is 0 Å². The zero-order chi connectivity index (χ0) is 20.4. The summed E-state index contributed by atoms with van der Waals surface area (Å²) in [5.74, 6) is -3.16. The summed E-state index contributed by atoms with van der Waals surface area (Å²) in [7, 11) is 0. The van der Waals surface area contributed by atoms with Crippen LogP contribution in [0.25, 0.3) is 0 Å². The summed E-state index contributed by atoms with van der Waals surface area (Å²) in [6.45, 7) is 11.3. The predicted octanol–water partition coefficient (Wildman–Crippen LogP) is -0.0401. The summed E-state index contributed by atoms with van der Waals surface area (Å²) in [6.07, 6.45) is 0.294. The molecule has 0 amide bonds. The maximum Gasteiger partial charge on any atom is 0.138 e. The van der Waals surface area contributed by atoms with Crippen molar-refractivity contribution in [2.75, 3.05) is 0 Å². The molecule has 0 atom stereocenters. The second-order valence-corrected chi connectivity index (χ2v) is 6.29. The summed E-state index contributed by atoms with van der Waals surface area (Å²) < 4.78 is 10.5. The molecule has 0 saturated heterocycles. The van der Waals surface area contributed by atoms with Crippen molar-refractivity contribution in [2.45, 2.75) is 79.4 Å². The molecule has 0 aliphatic rings. The number of rotatable bonds is 10. The molecule has 9 heteroatoms. The van der Waals surface area contributed by atoms with Crippen LogP contribution in [0.4, 0.5) is 0 Å². The van der Waals surface area contributed by atoms with Gasteiger partial charge in [0.25, 0.3) is 0 Å². The molecule has 0 saturated carbocycles. The Kier molecular flexibility index (Phi) is 22.1. The number of carbonyl (C=O) groups excluding carboxylic acids is 4. The Labute approximate surface area is 159 Å². The topological polar surface area (TPSA) is 133 Å². The number of Topliss-reactive ketones (excluding diaryl/α,β-unsaturated/α-hetero) is 2. The van der Waals surface area contributed by atoms with Crippen LogP contribution in [-0.4, -0.2) is 35.7 Å². The van der Waals surface area contributed by atoms with Gasteiger partial charge in [-0.15, -0.1) is 0 Å². The molecule has 0 aliphatic heterocycles. The molecule has 0 heterocycles. The first-order chi connectivity index (χ1) is 11.5. The number of carbonyl (C=O) groups is 4. The Morgan fingerprint density at radius 2 is 1.04 bits per heavy atom. The van der Waals surface area contributed by atoms with Crippen molar-refractivity contribution in [1.82, 2.24) is 0 Å². The zero-order valence-electron chi connectivity index (χ0n) is 15.7. The maximum absolute atomic E-state index is 10.2. The summed E-state index contributed by atoms with van der Waals surface area (Å²) in [4.78, 5) is 39.7. The molecule has 0 rings (SSSR count). The zero-order valence-corrected chi connectivity index (χ0v) is 17.3. The molecule has 144 valence electrons. The van der Waals surface area contributed by atoms with E-state index < -0.39 is 44.7 Å². The fourth-order valence-corrected chi connectivity index (χ4v) is 1.48. The molecule has 0 radical (unpaired) electrons. The molecule has 0 aliphatic carbocycles. The minimum atomic E-state index is -1.29. The van der Waals surface area contributed by atoms with Crippen LogP contribution in [0.3, 0.4) is 0 Å². The van der Waals surface area contributed by atoms with E-state index in [1.54, 1.807) is 13.8 Å². The SMILES string of the molecule is CC(C)[O][Ti+2][O]C(C)C.CCC(=O)CC(=O)[O-].CCC(=O)CC(=O)[O-]. The van der Waals surface area contributed by atoms with Crippen LogP contribution in [-0.2, 0) is 45.7 Å². The number of aliphatic carboxylic acids is 2. The Bertz CT molecular complexity index is 358. The van der Waals surface area contributed by atoms with Crippen LogP contribution in [0.5, 0.6) is 0 Å². The third-order valence-corrected chi connectivity index (χ3v) is 3.81. The molecule has 0 aromatic carbocycles. The summed E-state index contributed by atoms with van der Waals surface area (Å²) in [5, 5.41) is 19.3. The quantitative estimate of drug-likeness (QED) is 0.371. The van der Waals surface area contributed by atoms with Crippen LogP contribution >= 0.6 is 0 Å². The van der Waals surface area contributed by atoms with E-state index in [4.69, 9.17) is 6.64 Å². The van der Waals surface area contributed by atoms with Crippen LogP contribution in [0.2, 0.25) is 0 Å². The molecule has 8 nitrogen and oxygen atoms in total. The maximum atomic E-state index is 10.2. The predicted molar refractivity (Wildman–Crippen MR) is 82.3 cm³/mol. The van der Waals surface area contributed by atoms with E-state index in [1.807, 2.05) is 27.7 Å². The smallest absolute Gasteiger partial charge is 0.138 e. The summed E-state index contributed by atoms with van der Waals surface area (Å²) in [5.41, 5.74) is 0. The molecule has 0 unspecified atom stereocenters. The normalized spacial score (nSPS) is 9.28. The van der Waals surface area contributed by atoms with Gasteiger partial charge in [0.1, 0.15) is 11.6 Å². The van der Waals surface area contributed by atoms with Crippen LogP contribution in [0.1, 0.15) is 67.2 Å². The van der Waals surface area contributed by atoms with E-state index in [1.165, 1.54) is 0 Å². The third kappa shape index (κ3) is 35.0. The Morgan fingerprint density at radius 3 is 1.16 bits per heavy atom. The monoisotopic (exact) mass is 396 g/mol. The Hall–Kier alpha value is -1.09. The molecular weight excluding hydrogens is 368 g/mol. The minimum Gasteiger partial charge on any atom is -0.550 e. The van der Waals surface area contributed by atoms with E-state index >= 15 is 0 Å². The van der Waals surface area contributed by atoms with Gasteiger partial charge in [-0.2, -0.15) is 0 Å². The molecule has 0 spiro atoms. The first-order valence-corrected chi connectivity index (χ1v) is 9.22. The summed E-state index contributed by atoms with van der Waals surface area (Å²) in [6, 6.07) is 0. The van der Waals surface area contributed by atoms with Gasteiger partial charge in [-0.1, -0.05) is 13.8 Å². The van der Waals surface area contributed by atoms with E-state index in [0.717, 1.165) is 0 Å². The number of hydrogen-bond donors (Lipinski definition) is 0. The molecule has 0 fully saturated rings. The van der Waals surface area contributed by atoms with E-state index in [-0.39, 0.29) is 24.4 Å². The van der Waals surface area contributed by atoms with Crippen LogP contribution < -0.4 is 10.2 Å². The van der Waals surface area contributed by atoms with E-state index in [9.17, 15) is 29.4 Å². The van der Waals surface area contributed by atoms with Crippen molar-refractivity contribution in [1.29, 1.82) is 0 Å². The van der Waals surface area contributed by atoms with Gasteiger partial charge < -0.3 is 19.8 Å². The van der Waals surface area contributed by atoms with Gasteiger partial charge in [-0.25, -0.2) is 0 Å². The van der Waals surface area contributed by atoms with E-state index in [0.29, 0.717) is 12.2 Å². The third-order valence-electron chi connectivity index (χ3n) is 2.04. The van der Waals surface area contributed by atoms with Gasteiger partial charge in [-0.05, 0) is 0 Å². The van der Waals surface area contributed by atoms with Crippen molar-refractivity contribution in [3.63, 3.8) is 0 Å². The standard InChI is InChI=1S/2C5H8O3.2C3H7O.Ti/c2*1-2-4(6)3-5(7)8;2*1-3(2)4;/h2*2-3H2,1H3,(H,7,8);2*3H,1-2H3;/q;;2*-1;+4/p-2. The second kappa shape index (κ2) is 19.2. The second-order valence-electron chi connectivity index (χ2n) is 5.30. The van der Waals surface area contributed by atoms with Gasteiger partial charge in [0.2, 0.25) is 0 Å². The number of hydrogen-bond acceptors (Lipinski definition) is 8. The number of carboxylic acids is 2. The number of ketones is 2. The Balaban J connectivity index is -0.000000291. The largest absolute Gasteiger partial charge is 0.550 e. The van der Waals surface area contributed by atoms with Crippen molar-refractivity contribution in [3.8, 4) is 0 Å². The summed E-state index contributed by atoms with van der Waals surface area (Å²) >= 11 is -0.574. The van der Waals surface area contributed by atoms with Crippen molar-refractivity contribution in [2.24, 2.45) is 0 Å². The average Bonchev–Trinajstić information content (AvgIpc) is 2.46. The molecule has 0 N–H and O–H groups in total. The first kappa shape index (κ1) is 28.7. The van der Waals surface area contributed by atoms with Crippen LogP contribution in [0.15, 0.2) is 0 Å². The van der Waals surface area contributed by atoms with Crippen molar-refractivity contribution in [3.05, 3.63) is 0 Å². The fourth-order valence-electron chi connectivity index (χ4n) is 0.792. The van der Waals surface area contributed by atoms with Gasteiger partial charge >= 0.3 is 66.5 Å². The Morgan fingerprint density at radius 1 is 0.760 bits per heavy atom. The average molecular weight is 396 g/mol. The van der Waals surface area contributed by atoms with Crippen LogP contribution in [0, 0.1) is 0 Å². The molecule has 25 heavy (non-hydrogen) atoms. The van der Waals surface area contributed by atoms with Crippen molar-refractivity contribution < 1.29 is 56.0 Å². The van der Waals surface area contributed by atoms with Gasteiger partial charge in [0, 0.05) is 37.6 Å². The van der Waals surface area contributed by atoms with Gasteiger partial charge in [-0.3, -0.25) is 9.59 Å². The van der Waals surface area contributed by atoms with E-state index in [2.05, 4.69) is 0 Å². The molecule has 0 aromatic rings. The minimum absolute atomic E-state index is 0.272. The number of carboxylic acid groups (broad SMARTS) is 2. The first-order valence-electron chi connectivity index (χ1n) is 7.95. The van der Waals surface area contributed by atoms with Gasteiger partial charge in [0.15, 0.2) is 0 Å².